The second kappa shape index (κ2) is 6.07. The number of nitriles is 2. The fourth-order valence-electron chi connectivity index (χ4n) is 4.46. The maximum Gasteiger partial charge on any atom is 0.176 e. The zero-order valence-electron chi connectivity index (χ0n) is 14.6. The first-order valence-electron chi connectivity index (χ1n) is 8.67. The molecule has 1 saturated heterocycles. The van der Waals surface area contributed by atoms with Crippen molar-refractivity contribution in [3.63, 3.8) is 0 Å². The fourth-order valence-corrected chi connectivity index (χ4v) is 4.46. The van der Waals surface area contributed by atoms with Gasteiger partial charge in [0.2, 0.25) is 0 Å². The lowest BCUT2D eigenvalue weighted by molar-refractivity contribution is -0.118. The number of carbonyl (C=O) groups is 1. The molecule has 2 aliphatic rings. The average Bonchev–Trinajstić information content (AvgIpc) is 2.99. The molecule has 4 rings (SSSR count). The number of halogens is 1. The van der Waals surface area contributed by atoms with Gasteiger partial charge in [-0.3, -0.25) is 4.79 Å². The Morgan fingerprint density at radius 3 is 2.56 bits per heavy atom. The van der Waals surface area contributed by atoms with Crippen LogP contribution in [0.5, 0.6) is 0 Å². The van der Waals surface area contributed by atoms with Crippen molar-refractivity contribution >= 4 is 17.5 Å². The van der Waals surface area contributed by atoms with Crippen LogP contribution in [0, 0.1) is 33.9 Å². The molecule has 3 atom stereocenters. The lowest BCUT2D eigenvalue weighted by Gasteiger charge is -2.35. The normalized spacial score (nSPS) is 24.4. The number of anilines is 1. The number of carbonyl (C=O) groups excluding carboxylic acids is 1. The highest BCUT2D eigenvalue weighted by molar-refractivity contribution is 5.91. The van der Waals surface area contributed by atoms with Gasteiger partial charge in [-0.05, 0) is 36.2 Å². The fraction of sp³-hybridized carbons (Fsp3) is 0.227. The largest absolute Gasteiger partial charge is 0.351 e. The molecular formula is C22H16FN3O. The van der Waals surface area contributed by atoms with Gasteiger partial charge in [0.25, 0.3) is 0 Å². The summed E-state index contributed by atoms with van der Waals surface area (Å²) in [6.45, 7) is 1.46. The number of benzene rings is 2. The molecule has 2 heterocycles. The zero-order chi connectivity index (χ0) is 19.2. The molecule has 2 aromatic rings. The van der Waals surface area contributed by atoms with E-state index in [9.17, 15) is 19.7 Å². The molecule has 2 aliphatic heterocycles. The smallest absolute Gasteiger partial charge is 0.176 e. The van der Waals surface area contributed by atoms with E-state index in [1.165, 1.54) is 19.1 Å². The van der Waals surface area contributed by atoms with Crippen molar-refractivity contribution in [1.29, 1.82) is 10.5 Å². The summed E-state index contributed by atoms with van der Waals surface area (Å²) < 4.78 is 13.9. The summed E-state index contributed by atoms with van der Waals surface area (Å²) in [5, 5.41) is 20.1. The number of ketones is 1. The van der Waals surface area contributed by atoms with Crippen LogP contribution in [0.1, 0.15) is 24.0 Å². The predicted molar refractivity (Wildman–Crippen MR) is 99.0 cm³/mol. The van der Waals surface area contributed by atoms with Crippen LogP contribution in [0.25, 0.3) is 6.08 Å². The molecule has 4 nitrogen and oxygen atoms in total. The molecule has 0 amide bonds. The molecule has 0 aromatic heterocycles. The molecule has 132 valence electrons. The minimum atomic E-state index is -1.51. The van der Waals surface area contributed by atoms with Crippen LogP contribution >= 0.6 is 0 Å². The average molecular weight is 357 g/mol. The van der Waals surface area contributed by atoms with Crippen LogP contribution in [0.3, 0.4) is 0 Å². The van der Waals surface area contributed by atoms with Crippen molar-refractivity contribution in [1.82, 2.24) is 0 Å². The van der Waals surface area contributed by atoms with Crippen molar-refractivity contribution in [2.24, 2.45) is 5.41 Å². The maximum atomic E-state index is 13.9. The van der Waals surface area contributed by atoms with E-state index < -0.39 is 29.2 Å². The van der Waals surface area contributed by atoms with Gasteiger partial charge in [-0.2, -0.15) is 10.5 Å². The Labute approximate surface area is 156 Å². The first-order chi connectivity index (χ1) is 13.0. The van der Waals surface area contributed by atoms with Gasteiger partial charge in [0, 0.05) is 11.6 Å². The van der Waals surface area contributed by atoms with E-state index >= 15 is 0 Å². The van der Waals surface area contributed by atoms with E-state index in [2.05, 4.69) is 12.1 Å². The first kappa shape index (κ1) is 17.0. The lowest BCUT2D eigenvalue weighted by atomic mass is 9.69. The minimum Gasteiger partial charge on any atom is -0.351 e. The summed E-state index contributed by atoms with van der Waals surface area (Å²) in [4.78, 5) is 14.6. The van der Waals surface area contributed by atoms with Gasteiger partial charge in [-0.15, -0.1) is 0 Å². The van der Waals surface area contributed by atoms with Gasteiger partial charge in [0.15, 0.2) is 11.2 Å². The van der Waals surface area contributed by atoms with Gasteiger partial charge in [0.1, 0.15) is 5.82 Å². The second-order valence-electron chi connectivity index (χ2n) is 6.95. The Bertz CT molecular complexity index is 1030. The molecule has 1 fully saturated rings. The van der Waals surface area contributed by atoms with Crippen LogP contribution in [0.4, 0.5) is 10.1 Å². The highest BCUT2D eigenvalue weighted by Crippen LogP contribution is 2.55. The molecule has 0 N–H and O–H groups in total. The topological polar surface area (TPSA) is 67.9 Å². The van der Waals surface area contributed by atoms with Crippen molar-refractivity contribution in [2.45, 2.75) is 24.9 Å². The second-order valence-corrected chi connectivity index (χ2v) is 6.95. The number of para-hydroxylation sites is 1. The van der Waals surface area contributed by atoms with Crippen LogP contribution in [-0.2, 0) is 4.79 Å². The first-order valence-corrected chi connectivity index (χ1v) is 8.67. The van der Waals surface area contributed by atoms with E-state index in [-0.39, 0.29) is 5.78 Å². The molecule has 5 heteroatoms. The molecule has 0 radical (unpaired) electrons. The van der Waals surface area contributed by atoms with Crippen molar-refractivity contribution in [3.05, 3.63) is 71.6 Å². The number of fused-ring (bicyclic) bond motifs is 3. The van der Waals surface area contributed by atoms with E-state index in [0.717, 1.165) is 11.3 Å². The molecule has 3 unspecified atom stereocenters. The Balaban J connectivity index is 2.01. The summed E-state index contributed by atoms with van der Waals surface area (Å²) in [7, 11) is 0. The Morgan fingerprint density at radius 1 is 1.15 bits per heavy atom. The number of Topliss-reactive ketones (excluding diaryl/α,β-unsaturated/α-hetero) is 1. The lowest BCUT2D eigenvalue weighted by Crippen LogP contribution is -2.43. The third-order valence-corrected chi connectivity index (χ3v) is 5.54. The molecule has 0 bridgehead atoms. The van der Waals surface area contributed by atoms with Gasteiger partial charge in [-0.1, -0.05) is 42.5 Å². The predicted octanol–water partition coefficient (Wildman–Crippen LogP) is 3.82. The molecule has 27 heavy (non-hydrogen) atoms. The summed E-state index contributed by atoms with van der Waals surface area (Å²) in [6, 6.07) is 16.5. The van der Waals surface area contributed by atoms with Gasteiger partial charge < -0.3 is 4.90 Å². The minimum absolute atomic E-state index is 0.160. The van der Waals surface area contributed by atoms with E-state index in [1.807, 2.05) is 41.3 Å². The summed E-state index contributed by atoms with van der Waals surface area (Å²) >= 11 is 0. The van der Waals surface area contributed by atoms with Crippen LogP contribution in [0.15, 0.2) is 54.6 Å². The number of hydrogen-bond donors (Lipinski definition) is 0. The van der Waals surface area contributed by atoms with E-state index in [1.54, 1.807) is 12.1 Å². The number of rotatable bonds is 2. The third-order valence-electron chi connectivity index (χ3n) is 5.54. The molecule has 2 aromatic carbocycles. The van der Waals surface area contributed by atoms with Crippen LogP contribution in [-0.4, -0.2) is 17.9 Å². The van der Waals surface area contributed by atoms with Gasteiger partial charge >= 0.3 is 0 Å². The highest BCUT2D eigenvalue weighted by atomic mass is 19.1. The van der Waals surface area contributed by atoms with E-state index in [0.29, 0.717) is 5.56 Å². The maximum absolute atomic E-state index is 13.9. The van der Waals surface area contributed by atoms with Crippen molar-refractivity contribution in [2.75, 3.05) is 4.90 Å². The molecular weight excluding hydrogens is 341 g/mol. The van der Waals surface area contributed by atoms with Gasteiger partial charge in [-0.25, -0.2) is 4.39 Å². The number of hydrogen-bond acceptors (Lipinski definition) is 4. The van der Waals surface area contributed by atoms with Crippen LogP contribution < -0.4 is 4.90 Å². The Morgan fingerprint density at radius 2 is 1.89 bits per heavy atom. The molecule has 0 aliphatic carbocycles. The quantitative estimate of drug-likeness (QED) is 0.819. The highest BCUT2D eigenvalue weighted by Gasteiger charge is 2.62. The summed E-state index contributed by atoms with van der Waals surface area (Å²) in [5.74, 6) is -1.38. The Hall–Kier alpha value is -3.44. The summed E-state index contributed by atoms with van der Waals surface area (Å²) in [5.41, 5.74) is 0.705. The summed E-state index contributed by atoms with van der Waals surface area (Å²) in [6.07, 6.45) is 3.69. The van der Waals surface area contributed by atoms with Gasteiger partial charge in [0.05, 0.1) is 24.2 Å². The molecule has 0 spiro atoms. The Kier molecular flexibility index (Phi) is 3.82. The van der Waals surface area contributed by atoms with Crippen LogP contribution in [0.2, 0.25) is 0 Å². The van der Waals surface area contributed by atoms with E-state index in [4.69, 9.17) is 0 Å². The van der Waals surface area contributed by atoms with Crippen molar-refractivity contribution < 1.29 is 9.18 Å². The molecule has 0 saturated carbocycles. The third kappa shape index (κ3) is 2.29. The zero-order valence-corrected chi connectivity index (χ0v) is 14.6. The SMILES string of the molecule is CC(=O)C1C(c2cccc(F)c2)C(C#N)(C#N)C2C=Cc3ccccc3N12. The van der Waals surface area contributed by atoms with Crippen molar-refractivity contribution in [3.8, 4) is 12.1 Å². The number of nitrogens with zero attached hydrogens (tertiary/aromatic N) is 3. The standard InChI is InChI=1S/C22H16FN3O/c1-14(27)21-20(16-6-4-7-17(23)11-16)22(12-24,13-25)19-10-9-15-5-2-3-8-18(15)26(19)21/h2-11,19-21H,1H3. The monoisotopic (exact) mass is 357 g/mol.